The van der Waals surface area contributed by atoms with Crippen molar-refractivity contribution in [3.05, 3.63) is 98.2 Å². The second kappa shape index (κ2) is 8.07. The van der Waals surface area contributed by atoms with Crippen LogP contribution in [0.4, 0.5) is 14.5 Å². The zero-order valence-electron chi connectivity index (χ0n) is 15.6. The van der Waals surface area contributed by atoms with Crippen molar-refractivity contribution in [2.45, 2.75) is 0 Å². The van der Waals surface area contributed by atoms with E-state index < -0.39 is 23.0 Å². The monoisotopic (exact) mass is 521 g/mol. The van der Waals surface area contributed by atoms with E-state index in [1.54, 1.807) is 24.3 Å². The Morgan fingerprint density at radius 1 is 1.13 bits per heavy atom. The summed E-state index contributed by atoms with van der Waals surface area (Å²) in [5, 5.41) is 1.04. The number of pyridine rings is 1. The molecule has 4 rings (SSSR count). The Morgan fingerprint density at radius 3 is 2.48 bits per heavy atom. The van der Waals surface area contributed by atoms with E-state index in [1.165, 1.54) is 17.0 Å². The maximum Gasteiger partial charge on any atom is 0.201 e. The summed E-state index contributed by atoms with van der Waals surface area (Å²) in [5.74, 6) is -3.03. The highest BCUT2D eigenvalue weighted by Crippen LogP contribution is 2.35. The minimum absolute atomic E-state index is 0.0107. The predicted molar refractivity (Wildman–Crippen MR) is 123 cm³/mol. The van der Waals surface area contributed by atoms with E-state index in [9.17, 15) is 13.6 Å². The lowest BCUT2D eigenvalue weighted by Crippen LogP contribution is -2.09. The summed E-state index contributed by atoms with van der Waals surface area (Å²) in [4.78, 5) is 17.5. The van der Waals surface area contributed by atoms with Crippen LogP contribution in [0.3, 0.4) is 0 Å². The number of aromatic nitrogens is 2. The Balaban J connectivity index is 1.97. The van der Waals surface area contributed by atoms with Crippen LogP contribution in [0, 0.1) is 11.6 Å². The predicted octanol–water partition coefficient (Wildman–Crippen LogP) is 6.72. The number of nitrogens with zero attached hydrogens (tertiary/aromatic N) is 2. The van der Waals surface area contributed by atoms with Crippen LogP contribution in [-0.2, 0) is 0 Å². The van der Waals surface area contributed by atoms with Crippen molar-refractivity contribution in [2.75, 3.05) is 5.73 Å². The Kier molecular flexibility index (Phi) is 5.60. The molecule has 4 nitrogen and oxygen atoms in total. The molecule has 0 amide bonds. The van der Waals surface area contributed by atoms with E-state index in [4.69, 9.17) is 28.9 Å². The van der Waals surface area contributed by atoms with Crippen LogP contribution in [0.5, 0.6) is 0 Å². The number of benzene rings is 2. The highest BCUT2D eigenvalue weighted by molar-refractivity contribution is 9.10. The molecule has 156 valence electrons. The molecule has 0 fully saturated rings. The third-order valence-electron chi connectivity index (χ3n) is 4.74. The van der Waals surface area contributed by atoms with Crippen molar-refractivity contribution in [2.24, 2.45) is 0 Å². The number of carbonyl (C=O) groups excluding carboxylic acids is 1. The van der Waals surface area contributed by atoms with Crippen LogP contribution >= 0.6 is 39.1 Å². The smallest absolute Gasteiger partial charge is 0.201 e. The molecule has 0 aliphatic carbocycles. The number of halogens is 5. The van der Waals surface area contributed by atoms with E-state index in [2.05, 4.69) is 27.5 Å². The zero-order chi connectivity index (χ0) is 22.4. The van der Waals surface area contributed by atoms with Gasteiger partial charge in [-0.3, -0.25) is 4.79 Å². The SMILES string of the molecule is C=C(c1c(Cl)cccc1Cl)n1cc(C(=O)c2c(F)ccc(N)c2F)c2cc(Br)cnc21. The number of carbonyl (C=O) groups is 1. The molecule has 0 radical (unpaired) electrons. The number of rotatable bonds is 4. The van der Waals surface area contributed by atoms with Gasteiger partial charge < -0.3 is 10.3 Å². The third-order valence-corrected chi connectivity index (χ3v) is 5.81. The van der Waals surface area contributed by atoms with Gasteiger partial charge in [-0.15, -0.1) is 0 Å². The Bertz CT molecular complexity index is 1380. The van der Waals surface area contributed by atoms with Crippen LogP contribution in [0.15, 0.2) is 59.8 Å². The first kappa shape index (κ1) is 21.5. The van der Waals surface area contributed by atoms with Gasteiger partial charge in [0.25, 0.3) is 0 Å². The van der Waals surface area contributed by atoms with Gasteiger partial charge in [0.2, 0.25) is 5.78 Å². The number of nitrogen functional groups attached to an aromatic ring is 1. The van der Waals surface area contributed by atoms with E-state index in [0.717, 1.165) is 12.1 Å². The molecule has 0 saturated carbocycles. The molecule has 31 heavy (non-hydrogen) atoms. The average Bonchev–Trinajstić information content (AvgIpc) is 3.09. The normalized spacial score (nSPS) is 11.1. The lowest BCUT2D eigenvalue weighted by atomic mass is 10.0. The van der Waals surface area contributed by atoms with Gasteiger partial charge in [0.15, 0.2) is 5.82 Å². The standard InChI is InChI=1S/C22H12BrCl2F2N3O/c1-10(18-14(24)3-2-4-15(18)25)30-9-13(12-7-11(23)8-29-22(12)30)21(31)19-16(26)5-6-17(28)20(19)27/h2-9H,1,28H2. The molecule has 0 spiro atoms. The lowest BCUT2D eigenvalue weighted by molar-refractivity contribution is 0.103. The molecule has 0 bridgehead atoms. The molecule has 2 heterocycles. The fourth-order valence-corrected chi connectivity index (χ4v) is 4.22. The lowest BCUT2D eigenvalue weighted by Gasteiger charge is -2.12. The van der Waals surface area contributed by atoms with Crippen LogP contribution < -0.4 is 5.73 Å². The van der Waals surface area contributed by atoms with Crippen molar-refractivity contribution >= 4 is 67.3 Å². The molecule has 0 atom stereocenters. The fraction of sp³-hybridized carbons (Fsp3) is 0. The van der Waals surface area contributed by atoms with Crippen LogP contribution in [0.1, 0.15) is 21.5 Å². The summed E-state index contributed by atoms with van der Waals surface area (Å²) in [6.45, 7) is 4.05. The van der Waals surface area contributed by atoms with Crippen LogP contribution in [-0.4, -0.2) is 15.3 Å². The van der Waals surface area contributed by atoms with Crippen molar-refractivity contribution in [1.82, 2.24) is 9.55 Å². The van der Waals surface area contributed by atoms with Crippen molar-refractivity contribution in [3.63, 3.8) is 0 Å². The summed E-state index contributed by atoms with van der Waals surface area (Å²) in [6, 6.07) is 8.60. The van der Waals surface area contributed by atoms with E-state index >= 15 is 0 Å². The van der Waals surface area contributed by atoms with Gasteiger partial charge in [-0.25, -0.2) is 13.8 Å². The number of fused-ring (bicyclic) bond motifs is 1. The number of nitrogens with two attached hydrogens (primary N) is 1. The van der Waals surface area contributed by atoms with E-state index in [0.29, 0.717) is 36.8 Å². The van der Waals surface area contributed by atoms with Gasteiger partial charge in [0, 0.05) is 27.8 Å². The van der Waals surface area contributed by atoms with Gasteiger partial charge >= 0.3 is 0 Å². The topological polar surface area (TPSA) is 60.9 Å². The number of ketones is 1. The maximum atomic E-state index is 14.5. The molecule has 2 aromatic carbocycles. The minimum Gasteiger partial charge on any atom is -0.396 e. The second-order valence-corrected chi connectivity index (χ2v) is 8.37. The van der Waals surface area contributed by atoms with Gasteiger partial charge in [-0.2, -0.15) is 0 Å². The summed E-state index contributed by atoms with van der Waals surface area (Å²) in [7, 11) is 0. The highest BCUT2D eigenvalue weighted by Gasteiger charge is 2.26. The van der Waals surface area contributed by atoms with Crippen LogP contribution in [0.25, 0.3) is 16.7 Å². The van der Waals surface area contributed by atoms with E-state index in [-0.39, 0.29) is 11.3 Å². The Hall–Kier alpha value is -2.74. The molecular weight excluding hydrogens is 511 g/mol. The molecule has 0 aliphatic heterocycles. The quantitative estimate of drug-likeness (QED) is 0.239. The molecule has 2 N–H and O–H groups in total. The number of hydrogen-bond donors (Lipinski definition) is 1. The maximum absolute atomic E-state index is 14.5. The van der Waals surface area contributed by atoms with Crippen LogP contribution in [0.2, 0.25) is 10.0 Å². The molecular formula is C22H12BrCl2F2N3O. The van der Waals surface area contributed by atoms with Crippen molar-refractivity contribution in [3.8, 4) is 0 Å². The Morgan fingerprint density at radius 2 is 1.81 bits per heavy atom. The molecule has 0 unspecified atom stereocenters. The molecule has 0 saturated heterocycles. The average molecular weight is 523 g/mol. The van der Waals surface area contributed by atoms with Gasteiger partial charge in [-0.05, 0) is 46.3 Å². The summed E-state index contributed by atoms with van der Waals surface area (Å²) >= 11 is 15.9. The molecule has 4 aromatic rings. The van der Waals surface area contributed by atoms with Gasteiger partial charge in [-0.1, -0.05) is 35.8 Å². The third kappa shape index (κ3) is 3.63. The molecule has 2 aromatic heterocycles. The highest BCUT2D eigenvalue weighted by atomic mass is 79.9. The molecule has 9 heteroatoms. The molecule has 0 aliphatic rings. The summed E-state index contributed by atoms with van der Waals surface area (Å²) in [5.41, 5.74) is 5.57. The zero-order valence-corrected chi connectivity index (χ0v) is 18.7. The minimum atomic E-state index is -1.12. The fourth-order valence-electron chi connectivity index (χ4n) is 3.27. The van der Waals surface area contributed by atoms with Crippen molar-refractivity contribution in [1.29, 1.82) is 0 Å². The Labute approximate surface area is 194 Å². The first-order valence-corrected chi connectivity index (χ1v) is 10.3. The first-order valence-electron chi connectivity index (χ1n) is 8.79. The van der Waals surface area contributed by atoms with Gasteiger partial charge in [0.1, 0.15) is 11.5 Å². The largest absolute Gasteiger partial charge is 0.396 e. The van der Waals surface area contributed by atoms with Crippen molar-refractivity contribution < 1.29 is 13.6 Å². The summed E-state index contributed by atoms with van der Waals surface area (Å²) in [6.07, 6.45) is 2.92. The number of anilines is 1. The summed E-state index contributed by atoms with van der Waals surface area (Å²) < 4.78 is 31.0. The number of hydrogen-bond acceptors (Lipinski definition) is 3. The van der Waals surface area contributed by atoms with Gasteiger partial charge in [0.05, 0.1) is 32.6 Å². The first-order chi connectivity index (χ1) is 14.7. The second-order valence-electron chi connectivity index (χ2n) is 6.64. The van der Waals surface area contributed by atoms with E-state index in [1.807, 2.05) is 0 Å².